The summed E-state index contributed by atoms with van der Waals surface area (Å²) in [6.07, 6.45) is 0. The van der Waals surface area contributed by atoms with Gasteiger partial charge in [0.1, 0.15) is 11.4 Å². The molecule has 2 heteroatoms. The minimum atomic E-state index is -1.28. The molecular weight excluding hydrogens is 344 g/mol. The molecule has 0 saturated heterocycles. The van der Waals surface area contributed by atoms with Crippen molar-refractivity contribution in [3.63, 3.8) is 0 Å². The zero-order valence-corrected chi connectivity index (χ0v) is 15.7. The maximum absolute atomic E-state index is 12.2. The number of benzene rings is 4. The summed E-state index contributed by atoms with van der Waals surface area (Å²) in [6.45, 7) is 0. The lowest BCUT2D eigenvalue weighted by Crippen LogP contribution is -2.29. The zero-order valence-electron chi connectivity index (χ0n) is 15.7. The van der Waals surface area contributed by atoms with Gasteiger partial charge in [-0.3, -0.25) is 0 Å². The molecule has 28 heavy (non-hydrogen) atoms. The third kappa shape index (κ3) is 3.19. The van der Waals surface area contributed by atoms with E-state index in [0.29, 0.717) is 0 Å². The first-order valence-corrected chi connectivity index (χ1v) is 9.31. The molecule has 4 aromatic rings. The van der Waals surface area contributed by atoms with Gasteiger partial charge in [-0.05, 0) is 34.4 Å². The van der Waals surface area contributed by atoms with Crippen molar-refractivity contribution in [1.82, 2.24) is 0 Å². The van der Waals surface area contributed by atoms with Crippen LogP contribution in [0.5, 0.6) is 5.75 Å². The average molecular weight is 366 g/mol. The number of methoxy groups -OCH3 is 1. The van der Waals surface area contributed by atoms with Gasteiger partial charge in [0.25, 0.3) is 0 Å². The number of hydrogen-bond acceptors (Lipinski definition) is 2. The molecule has 0 amide bonds. The average Bonchev–Trinajstić information content (AvgIpc) is 2.80. The smallest absolute Gasteiger partial charge is 0.141 e. The molecule has 138 valence electrons. The molecule has 0 aliphatic rings. The molecule has 0 bridgehead atoms. The van der Waals surface area contributed by atoms with E-state index >= 15 is 0 Å². The Bertz CT molecular complexity index is 1020. The van der Waals surface area contributed by atoms with Crippen molar-refractivity contribution < 1.29 is 9.84 Å². The molecule has 0 unspecified atom stereocenters. The lowest BCUT2D eigenvalue weighted by atomic mass is 9.77. The van der Waals surface area contributed by atoms with Crippen LogP contribution in [0.3, 0.4) is 0 Å². The zero-order chi connectivity index (χ0) is 19.4. The summed E-state index contributed by atoms with van der Waals surface area (Å²) >= 11 is 0. The maximum Gasteiger partial charge on any atom is 0.141 e. The normalized spacial score (nSPS) is 11.2. The second-order valence-corrected chi connectivity index (χ2v) is 6.72. The second-order valence-electron chi connectivity index (χ2n) is 6.72. The van der Waals surface area contributed by atoms with Crippen molar-refractivity contribution >= 4 is 0 Å². The SMILES string of the molecule is COc1cccc(-c2ccccc2C(O)(c2ccccc2)c2ccccc2)c1. The predicted molar refractivity (Wildman–Crippen MR) is 113 cm³/mol. The molecule has 0 fully saturated rings. The molecule has 0 spiro atoms. The summed E-state index contributed by atoms with van der Waals surface area (Å²) in [5.74, 6) is 0.787. The van der Waals surface area contributed by atoms with Crippen molar-refractivity contribution in [1.29, 1.82) is 0 Å². The van der Waals surface area contributed by atoms with Crippen molar-refractivity contribution in [3.8, 4) is 16.9 Å². The summed E-state index contributed by atoms with van der Waals surface area (Å²) < 4.78 is 5.41. The third-order valence-corrected chi connectivity index (χ3v) is 5.08. The van der Waals surface area contributed by atoms with Crippen molar-refractivity contribution in [2.45, 2.75) is 5.60 Å². The third-order valence-electron chi connectivity index (χ3n) is 5.08. The van der Waals surface area contributed by atoms with Crippen LogP contribution in [-0.2, 0) is 5.60 Å². The van der Waals surface area contributed by atoms with Crippen molar-refractivity contribution in [2.75, 3.05) is 7.11 Å². The summed E-state index contributed by atoms with van der Waals surface area (Å²) in [4.78, 5) is 0. The highest BCUT2D eigenvalue weighted by molar-refractivity contribution is 5.72. The lowest BCUT2D eigenvalue weighted by Gasteiger charge is -2.32. The molecule has 0 heterocycles. The molecule has 0 saturated carbocycles. The molecule has 0 aliphatic heterocycles. The highest BCUT2D eigenvalue weighted by Crippen LogP contribution is 2.41. The van der Waals surface area contributed by atoms with Gasteiger partial charge >= 0.3 is 0 Å². The van der Waals surface area contributed by atoms with Crippen LogP contribution in [0.15, 0.2) is 109 Å². The van der Waals surface area contributed by atoms with E-state index < -0.39 is 5.60 Å². The minimum Gasteiger partial charge on any atom is -0.497 e. The molecule has 0 aliphatic carbocycles. The summed E-state index contributed by atoms with van der Waals surface area (Å²) in [7, 11) is 1.66. The molecule has 0 atom stereocenters. The number of aliphatic hydroxyl groups is 1. The Kier molecular flexibility index (Phi) is 4.96. The first kappa shape index (κ1) is 18.0. The van der Waals surface area contributed by atoms with Gasteiger partial charge in [0.15, 0.2) is 0 Å². The van der Waals surface area contributed by atoms with Crippen LogP contribution in [0.1, 0.15) is 16.7 Å². The van der Waals surface area contributed by atoms with Crippen LogP contribution < -0.4 is 4.74 Å². The van der Waals surface area contributed by atoms with Gasteiger partial charge in [0.05, 0.1) is 7.11 Å². The lowest BCUT2D eigenvalue weighted by molar-refractivity contribution is 0.126. The first-order valence-electron chi connectivity index (χ1n) is 9.31. The molecule has 0 aromatic heterocycles. The van der Waals surface area contributed by atoms with Crippen LogP contribution in [0.4, 0.5) is 0 Å². The number of rotatable bonds is 5. The Morgan fingerprint density at radius 1 is 0.643 bits per heavy atom. The van der Waals surface area contributed by atoms with Crippen molar-refractivity contribution in [2.24, 2.45) is 0 Å². The first-order chi connectivity index (χ1) is 13.7. The minimum absolute atomic E-state index is 0.787. The van der Waals surface area contributed by atoms with E-state index in [4.69, 9.17) is 4.74 Å². The monoisotopic (exact) mass is 366 g/mol. The van der Waals surface area contributed by atoms with E-state index in [0.717, 1.165) is 33.6 Å². The van der Waals surface area contributed by atoms with Gasteiger partial charge in [0, 0.05) is 5.56 Å². The number of ether oxygens (including phenoxy) is 1. The van der Waals surface area contributed by atoms with E-state index in [1.165, 1.54) is 0 Å². The topological polar surface area (TPSA) is 29.5 Å². The van der Waals surface area contributed by atoms with Crippen LogP contribution in [0.2, 0.25) is 0 Å². The molecule has 2 nitrogen and oxygen atoms in total. The van der Waals surface area contributed by atoms with Crippen LogP contribution in [-0.4, -0.2) is 12.2 Å². The van der Waals surface area contributed by atoms with Gasteiger partial charge in [-0.15, -0.1) is 0 Å². The molecular formula is C26H22O2. The Morgan fingerprint density at radius 2 is 1.21 bits per heavy atom. The Balaban J connectivity index is 1.99. The largest absolute Gasteiger partial charge is 0.497 e. The van der Waals surface area contributed by atoms with Gasteiger partial charge in [-0.1, -0.05) is 97.1 Å². The van der Waals surface area contributed by atoms with Gasteiger partial charge in [-0.25, -0.2) is 0 Å². The highest BCUT2D eigenvalue weighted by atomic mass is 16.5. The summed E-state index contributed by atoms with van der Waals surface area (Å²) in [5.41, 5.74) is 3.19. The van der Waals surface area contributed by atoms with Gasteiger partial charge in [-0.2, -0.15) is 0 Å². The molecule has 4 aromatic carbocycles. The molecule has 0 radical (unpaired) electrons. The van der Waals surface area contributed by atoms with E-state index in [9.17, 15) is 5.11 Å². The van der Waals surface area contributed by atoms with Gasteiger partial charge < -0.3 is 9.84 Å². The number of hydrogen-bond donors (Lipinski definition) is 1. The highest BCUT2D eigenvalue weighted by Gasteiger charge is 2.35. The van der Waals surface area contributed by atoms with E-state index in [-0.39, 0.29) is 0 Å². The fourth-order valence-corrected chi connectivity index (χ4v) is 3.68. The van der Waals surface area contributed by atoms with Crippen LogP contribution in [0, 0.1) is 0 Å². The van der Waals surface area contributed by atoms with Crippen LogP contribution >= 0.6 is 0 Å². The van der Waals surface area contributed by atoms with Gasteiger partial charge in [0.2, 0.25) is 0 Å². The Morgan fingerprint density at radius 3 is 1.82 bits per heavy atom. The quantitative estimate of drug-likeness (QED) is 0.463. The Labute approximate surface area is 165 Å². The fourth-order valence-electron chi connectivity index (χ4n) is 3.68. The van der Waals surface area contributed by atoms with Crippen molar-refractivity contribution in [3.05, 3.63) is 126 Å². The fraction of sp³-hybridized carbons (Fsp3) is 0.0769. The molecule has 4 rings (SSSR count). The predicted octanol–water partition coefficient (Wildman–Crippen LogP) is 5.65. The van der Waals surface area contributed by atoms with E-state index in [1.807, 2.05) is 109 Å². The Hall–Kier alpha value is -3.36. The van der Waals surface area contributed by atoms with E-state index in [1.54, 1.807) is 7.11 Å². The van der Waals surface area contributed by atoms with E-state index in [2.05, 4.69) is 0 Å². The summed E-state index contributed by atoms with van der Waals surface area (Å²) in [6, 6.07) is 35.5. The maximum atomic E-state index is 12.2. The standard InChI is InChI=1S/C26H22O2/c1-28-23-16-10-11-20(19-23)24-17-8-9-18-25(24)26(27,21-12-4-2-5-13-21)22-14-6-3-7-15-22/h2-19,27H,1H3. The molecule has 1 N–H and O–H groups in total. The van der Waals surface area contributed by atoms with Crippen LogP contribution in [0.25, 0.3) is 11.1 Å². The second kappa shape index (κ2) is 7.71. The summed E-state index contributed by atoms with van der Waals surface area (Å²) in [5, 5.41) is 12.2.